The van der Waals surface area contributed by atoms with Crippen molar-refractivity contribution in [3.63, 3.8) is 0 Å². The largest absolute Gasteiger partial charge is 0.372 e. The lowest BCUT2D eigenvalue weighted by Gasteiger charge is -2.34. The van der Waals surface area contributed by atoms with Gasteiger partial charge >= 0.3 is 0 Å². The van der Waals surface area contributed by atoms with Gasteiger partial charge in [0.2, 0.25) is 10.0 Å². The number of halogens is 1. The fourth-order valence-corrected chi connectivity index (χ4v) is 5.82. The van der Waals surface area contributed by atoms with Gasteiger partial charge < -0.3 is 15.6 Å². The minimum atomic E-state index is -3.17. The number of allylic oxidation sites excluding steroid dienone is 6. The molecule has 6 nitrogen and oxygen atoms in total. The molecule has 2 N–H and O–H groups in total. The standard InChI is InChI=1S/C27H37ClN4O2S/c1-31-21-30-20-25(31)10-6-3-5-9-23-19-24(28)12-13-27(23)26(11-7-4-8-16-29)22-14-17-32(18-15-22)35(2,33)34/h4-5,7-9,11-13,16,19-20,22,26,29-30H,3,6,10,14-15,17-18,21H2,1-2H3/b8-4-,9-5+,11-7+,29-16?. The van der Waals surface area contributed by atoms with E-state index in [0.717, 1.165) is 44.3 Å². The molecule has 0 spiro atoms. The average Bonchev–Trinajstić information content (AvgIpc) is 3.24. The first-order valence-corrected chi connectivity index (χ1v) is 14.4. The molecule has 0 aliphatic carbocycles. The quantitative estimate of drug-likeness (QED) is 0.235. The number of hydrogen-bond donors (Lipinski definition) is 2. The van der Waals surface area contributed by atoms with Gasteiger partial charge in [0.25, 0.3) is 0 Å². The van der Waals surface area contributed by atoms with Gasteiger partial charge in [-0.3, -0.25) is 0 Å². The Kier molecular flexibility index (Phi) is 10.2. The van der Waals surface area contributed by atoms with Crippen molar-refractivity contribution in [2.24, 2.45) is 5.92 Å². The van der Waals surface area contributed by atoms with E-state index in [9.17, 15) is 8.42 Å². The molecular weight excluding hydrogens is 480 g/mol. The van der Waals surface area contributed by atoms with E-state index in [4.69, 9.17) is 17.0 Å². The van der Waals surface area contributed by atoms with Crippen LogP contribution in [-0.2, 0) is 10.0 Å². The molecule has 35 heavy (non-hydrogen) atoms. The van der Waals surface area contributed by atoms with Crippen LogP contribution in [0.3, 0.4) is 0 Å². The Bertz CT molecular complexity index is 1090. The molecule has 1 aromatic rings. The molecule has 1 atom stereocenters. The molecule has 3 rings (SSSR count). The van der Waals surface area contributed by atoms with Crippen LogP contribution < -0.4 is 5.32 Å². The summed E-state index contributed by atoms with van der Waals surface area (Å²) in [6, 6.07) is 6.05. The SMILES string of the molecule is CN1CNC=C1CCC/C=C/c1cc(Cl)ccc1C(/C=C/C=C\C=N)C1CCN(S(C)(=O)=O)CC1. The third-order valence-electron chi connectivity index (χ3n) is 6.71. The Morgan fingerprint density at radius 2 is 2.00 bits per heavy atom. The van der Waals surface area contributed by atoms with Crippen LogP contribution in [0.15, 0.2) is 60.5 Å². The van der Waals surface area contributed by atoms with Crippen molar-refractivity contribution < 1.29 is 8.42 Å². The summed E-state index contributed by atoms with van der Waals surface area (Å²) in [4.78, 5) is 2.23. The van der Waals surface area contributed by atoms with Crippen molar-refractivity contribution in [3.05, 3.63) is 76.6 Å². The first-order chi connectivity index (χ1) is 16.8. The summed E-state index contributed by atoms with van der Waals surface area (Å²) in [7, 11) is -1.06. The Hall–Kier alpha value is -2.35. The average molecular weight is 517 g/mol. The van der Waals surface area contributed by atoms with Gasteiger partial charge in [0.05, 0.1) is 12.9 Å². The van der Waals surface area contributed by atoms with Crippen LogP contribution in [0.2, 0.25) is 5.02 Å². The summed E-state index contributed by atoms with van der Waals surface area (Å²) in [6.45, 7) is 1.97. The van der Waals surface area contributed by atoms with Gasteiger partial charge in [-0.2, -0.15) is 0 Å². The van der Waals surface area contributed by atoms with Gasteiger partial charge in [0.15, 0.2) is 0 Å². The summed E-state index contributed by atoms with van der Waals surface area (Å²) in [5.41, 5.74) is 3.64. The Balaban J connectivity index is 1.77. The normalized spacial score (nSPS) is 19.1. The number of nitrogens with zero attached hydrogens (tertiary/aromatic N) is 2. The topological polar surface area (TPSA) is 76.5 Å². The lowest BCUT2D eigenvalue weighted by Crippen LogP contribution is -2.39. The van der Waals surface area contributed by atoms with Crippen LogP contribution in [0.4, 0.5) is 0 Å². The van der Waals surface area contributed by atoms with Crippen molar-refractivity contribution in [1.29, 1.82) is 5.41 Å². The molecule has 190 valence electrons. The van der Waals surface area contributed by atoms with Gasteiger partial charge in [-0.15, -0.1) is 0 Å². The van der Waals surface area contributed by atoms with Crippen LogP contribution in [0.5, 0.6) is 0 Å². The Labute approximate surface area is 215 Å². The highest BCUT2D eigenvalue weighted by Gasteiger charge is 2.30. The molecule has 0 aromatic heterocycles. The van der Waals surface area contributed by atoms with E-state index in [0.29, 0.717) is 24.0 Å². The molecule has 1 fully saturated rings. The van der Waals surface area contributed by atoms with E-state index in [1.807, 2.05) is 24.3 Å². The van der Waals surface area contributed by atoms with Crippen molar-refractivity contribution in [1.82, 2.24) is 14.5 Å². The maximum Gasteiger partial charge on any atom is 0.211 e. The zero-order valence-electron chi connectivity index (χ0n) is 20.7. The van der Waals surface area contributed by atoms with Crippen molar-refractivity contribution in [3.8, 4) is 0 Å². The van der Waals surface area contributed by atoms with E-state index >= 15 is 0 Å². The van der Waals surface area contributed by atoms with Gasteiger partial charge in [0, 0.05) is 49.2 Å². The minimum Gasteiger partial charge on any atom is -0.372 e. The summed E-state index contributed by atoms with van der Waals surface area (Å²) in [5.74, 6) is 0.454. The highest BCUT2D eigenvalue weighted by molar-refractivity contribution is 7.88. The molecule has 1 aromatic carbocycles. The summed E-state index contributed by atoms with van der Waals surface area (Å²) < 4.78 is 25.6. The van der Waals surface area contributed by atoms with Gasteiger partial charge in [0.1, 0.15) is 0 Å². The van der Waals surface area contributed by atoms with Gasteiger partial charge in [-0.25, -0.2) is 12.7 Å². The predicted molar refractivity (Wildman–Crippen MR) is 147 cm³/mol. The summed E-state index contributed by atoms with van der Waals surface area (Å²) in [6.07, 6.45) is 21.5. The van der Waals surface area contributed by atoms with E-state index < -0.39 is 10.0 Å². The number of nitrogens with one attached hydrogen (secondary N) is 2. The highest BCUT2D eigenvalue weighted by Crippen LogP contribution is 2.37. The molecule has 2 heterocycles. The predicted octanol–water partition coefficient (Wildman–Crippen LogP) is 5.37. The lowest BCUT2D eigenvalue weighted by molar-refractivity contribution is 0.260. The highest BCUT2D eigenvalue weighted by atomic mass is 35.5. The monoisotopic (exact) mass is 516 g/mol. The van der Waals surface area contributed by atoms with Crippen molar-refractivity contribution in [2.45, 2.75) is 38.0 Å². The third kappa shape index (κ3) is 8.09. The zero-order chi connectivity index (χ0) is 25.3. The number of rotatable bonds is 11. The van der Waals surface area contributed by atoms with E-state index in [-0.39, 0.29) is 5.92 Å². The number of sulfonamides is 1. The van der Waals surface area contributed by atoms with E-state index in [2.05, 4.69) is 47.8 Å². The van der Waals surface area contributed by atoms with E-state index in [1.54, 1.807) is 10.4 Å². The number of benzene rings is 1. The molecule has 2 aliphatic heterocycles. The Morgan fingerprint density at radius 3 is 2.66 bits per heavy atom. The molecule has 0 saturated carbocycles. The van der Waals surface area contributed by atoms with Gasteiger partial charge in [-0.1, -0.05) is 48.0 Å². The van der Waals surface area contributed by atoms with Crippen LogP contribution in [0.1, 0.15) is 49.1 Å². The summed E-state index contributed by atoms with van der Waals surface area (Å²) in [5, 5.41) is 11.2. The molecular formula is C27H37ClN4O2S. The second-order valence-corrected chi connectivity index (χ2v) is 11.6. The van der Waals surface area contributed by atoms with Crippen LogP contribution >= 0.6 is 11.6 Å². The van der Waals surface area contributed by atoms with Crippen LogP contribution in [0.25, 0.3) is 6.08 Å². The molecule has 0 bridgehead atoms. The fraction of sp³-hybridized carbons (Fsp3) is 0.444. The minimum absolute atomic E-state index is 0.132. The first kappa shape index (κ1) is 27.2. The molecule has 0 radical (unpaired) electrons. The number of piperidine rings is 1. The van der Waals surface area contributed by atoms with E-state index in [1.165, 1.54) is 23.7 Å². The molecule has 2 aliphatic rings. The smallest absolute Gasteiger partial charge is 0.211 e. The van der Waals surface area contributed by atoms with Crippen LogP contribution in [-0.4, -0.2) is 56.9 Å². The summed E-state index contributed by atoms with van der Waals surface area (Å²) >= 11 is 6.38. The molecule has 0 amide bonds. The fourth-order valence-electron chi connectivity index (χ4n) is 4.76. The maximum atomic E-state index is 12.0. The second-order valence-electron chi connectivity index (χ2n) is 9.23. The zero-order valence-corrected chi connectivity index (χ0v) is 22.2. The molecule has 1 saturated heterocycles. The third-order valence-corrected chi connectivity index (χ3v) is 8.25. The molecule has 8 heteroatoms. The second kappa shape index (κ2) is 13.1. The Morgan fingerprint density at radius 1 is 1.23 bits per heavy atom. The number of unbranched alkanes of at least 4 members (excludes halogenated alkanes) is 1. The van der Waals surface area contributed by atoms with Crippen molar-refractivity contribution in [2.75, 3.05) is 33.1 Å². The first-order valence-electron chi connectivity index (χ1n) is 12.2. The number of hydrogen-bond acceptors (Lipinski definition) is 5. The van der Waals surface area contributed by atoms with Crippen molar-refractivity contribution >= 4 is 33.9 Å². The molecule has 1 unspecified atom stereocenters. The van der Waals surface area contributed by atoms with Gasteiger partial charge in [-0.05, 0) is 67.4 Å². The maximum absolute atomic E-state index is 12.0. The lowest BCUT2D eigenvalue weighted by atomic mass is 9.78. The van der Waals surface area contributed by atoms with Crippen LogP contribution in [0, 0.1) is 11.3 Å².